The highest BCUT2D eigenvalue weighted by atomic mass is 35.5. The van der Waals surface area contributed by atoms with Crippen molar-refractivity contribution in [2.24, 2.45) is 0 Å². The minimum absolute atomic E-state index is 0.288. The Balaban J connectivity index is 1.40. The number of rotatable bonds is 4. The second kappa shape index (κ2) is 8.44. The van der Waals surface area contributed by atoms with Gasteiger partial charge in [0.15, 0.2) is 0 Å². The second-order valence-electron chi connectivity index (χ2n) is 7.93. The van der Waals surface area contributed by atoms with Crippen LogP contribution in [0.2, 0.25) is 5.02 Å². The van der Waals surface area contributed by atoms with Gasteiger partial charge in [-0.25, -0.2) is 4.98 Å². The summed E-state index contributed by atoms with van der Waals surface area (Å²) in [6.45, 7) is 0.433. The molecule has 0 aliphatic heterocycles. The molecular weight excluding hydrogens is 411 g/mol. The van der Waals surface area contributed by atoms with E-state index in [0.717, 1.165) is 42.7 Å². The lowest BCUT2D eigenvalue weighted by molar-refractivity contribution is -0.137. The van der Waals surface area contributed by atoms with Crippen molar-refractivity contribution in [3.05, 3.63) is 70.2 Å². The number of nitrogen functional groups attached to an aromatic ring is 1. The van der Waals surface area contributed by atoms with Crippen LogP contribution >= 0.6 is 11.6 Å². The van der Waals surface area contributed by atoms with Crippen LogP contribution in [0.3, 0.4) is 0 Å². The summed E-state index contributed by atoms with van der Waals surface area (Å²) >= 11 is 6.10. The van der Waals surface area contributed by atoms with Gasteiger partial charge in [0.2, 0.25) is 0 Å². The minimum atomic E-state index is -4.31. The number of hydrogen-bond acceptors (Lipinski definition) is 3. The van der Waals surface area contributed by atoms with E-state index in [1.807, 2.05) is 24.3 Å². The van der Waals surface area contributed by atoms with E-state index in [4.69, 9.17) is 17.3 Å². The molecule has 7 heteroatoms. The van der Waals surface area contributed by atoms with Crippen LogP contribution < -0.4 is 11.1 Å². The van der Waals surface area contributed by atoms with Gasteiger partial charge in [-0.15, -0.1) is 0 Å². The number of halogens is 4. The molecule has 1 saturated carbocycles. The third-order valence-electron chi connectivity index (χ3n) is 5.84. The molecule has 0 unspecified atom stereocenters. The third kappa shape index (κ3) is 4.71. The van der Waals surface area contributed by atoms with Crippen LogP contribution in [0.25, 0.3) is 10.9 Å². The lowest BCUT2D eigenvalue weighted by Gasteiger charge is -2.30. The van der Waals surface area contributed by atoms with Crippen molar-refractivity contribution in [3.63, 3.8) is 0 Å². The molecule has 0 radical (unpaired) electrons. The van der Waals surface area contributed by atoms with Gasteiger partial charge in [0, 0.05) is 23.0 Å². The van der Waals surface area contributed by atoms with Crippen LogP contribution in [-0.2, 0) is 12.7 Å². The minimum Gasteiger partial charge on any atom is -0.384 e. The Morgan fingerprint density at radius 2 is 1.80 bits per heavy atom. The molecule has 0 amide bonds. The number of fused-ring (bicyclic) bond motifs is 1. The van der Waals surface area contributed by atoms with E-state index in [2.05, 4.69) is 10.3 Å². The highest BCUT2D eigenvalue weighted by Gasteiger charge is 2.30. The normalized spacial score (nSPS) is 19.9. The highest BCUT2D eigenvalue weighted by Crippen LogP contribution is 2.37. The van der Waals surface area contributed by atoms with Gasteiger partial charge >= 0.3 is 6.18 Å². The molecule has 0 atom stereocenters. The smallest absolute Gasteiger partial charge is 0.384 e. The summed E-state index contributed by atoms with van der Waals surface area (Å²) in [5, 5.41) is 5.13. The van der Waals surface area contributed by atoms with Gasteiger partial charge < -0.3 is 11.1 Å². The summed E-state index contributed by atoms with van der Waals surface area (Å²) in [5.74, 6) is 0.871. The molecule has 3 N–H and O–H groups in total. The maximum atomic E-state index is 12.9. The molecule has 2 aromatic carbocycles. The van der Waals surface area contributed by atoms with Crippen LogP contribution in [0.5, 0.6) is 0 Å². The first-order chi connectivity index (χ1) is 14.3. The predicted molar refractivity (Wildman–Crippen MR) is 114 cm³/mol. The van der Waals surface area contributed by atoms with Crippen molar-refractivity contribution in [1.82, 2.24) is 10.3 Å². The summed E-state index contributed by atoms with van der Waals surface area (Å²) in [6, 6.07) is 13.5. The van der Waals surface area contributed by atoms with Gasteiger partial charge in [-0.05, 0) is 67.0 Å². The van der Waals surface area contributed by atoms with Gasteiger partial charge in [-0.3, -0.25) is 0 Å². The molecule has 1 fully saturated rings. The molecule has 1 aromatic heterocycles. The Bertz CT molecular complexity index is 1040. The Labute approximate surface area is 178 Å². The molecule has 0 bridgehead atoms. The van der Waals surface area contributed by atoms with Gasteiger partial charge in [0.1, 0.15) is 5.82 Å². The molecule has 0 saturated heterocycles. The number of hydrogen-bond donors (Lipinski definition) is 2. The van der Waals surface area contributed by atoms with Crippen LogP contribution in [-0.4, -0.2) is 11.0 Å². The monoisotopic (exact) mass is 433 g/mol. The molecular formula is C23H23ClF3N3. The van der Waals surface area contributed by atoms with Crippen LogP contribution in [0.4, 0.5) is 19.0 Å². The summed E-state index contributed by atoms with van der Waals surface area (Å²) in [5.41, 5.74) is 8.07. The number of aromatic nitrogens is 1. The van der Waals surface area contributed by atoms with E-state index in [9.17, 15) is 13.2 Å². The molecule has 3 nitrogen and oxygen atoms in total. The van der Waals surface area contributed by atoms with Crippen molar-refractivity contribution >= 4 is 28.3 Å². The standard InChI is InChI=1S/C23H23ClF3N3/c24-17-6-9-19-20(12-22(28)30-21(19)11-17)15-4-7-18(8-5-15)29-13-14-2-1-3-16(10-14)23(25,26)27/h1-3,6,9-12,15,18,29H,4-5,7-8,13H2,(H2,28,30). The van der Waals surface area contributed by atoms with Gasteiger partial charge in [0.25, 0.3) is 0 Å². The first-order valence-electron chi connectivity index (χ1n) is 10.0. The molecule has 1 aliphatic carbocycles. The molecule has 30 heavy (non-hydrogen) atoms. The Kier molecular flexibility index (Phi) is 5.89. The molecule has 0 spiro atoms. The van der Waals surface area contributed by atoms with Gasteiger partial charge in [-0.1, -0.05) is 35.9 Å². The Morgan fingerprint density at radius 1 is 1.03 bits per heavy atom. The first-order valence-corrected chi connectivity index (χ1v) is 10.4. The fourth-order valence-corrected chi connectivity index (χ4v) is 4.48. The average molecular weight is 434 g/mol. The Morgan fingerprint density at radius 3 is 2.53 bits per heavy atom. The van der Waals surface area contributed by atoms with E-state index in [1.54, 1.807) is 6.07 Å². The maximum Gasteiger partial charge on any atom is 0.416 e. The zero-order valence-electron chi connectivity index (χ0n) is 16.3. The molecule has 4 rings (SSSR count). The van der Waals surface area contributed by atoms with E-state index in [0.29, 0.717) is 28.9 Å². The zero-order valence-corrected chi connectivity index (χ0v) is 17.1. The van der Waals surface area contributed by atoms with Crippen molar-refractivity contribution in [1.29, 1.82) is 0 Å². The molecule has 1 heterocycles. The fraction of sp³-hybridized carbons (Fsp3) is 0.348. The summed E-state index contributed by atoms with van der Waals surface area (Å²) in [7, 11) is 0. The van der Waals surface area contributed by atoms with Crippen molar-refractivity contribution in [3.8, 4) is 0 Å². The average Bonchev–Trinajstić information content (AvgIpc) is 2.71. The maximum absolute atomic E-state index is 12.9. The second-order valence-corrected chi connectivity index (χ2v) is 8.36. The quantitative estimate of drug-likeness (QED) is 0.507. The zero-order chi connectivity index (χ0) is 21.3. The topological polar surface area (TPSA) is 50.9 Å². The first kappa shape index (κ1) is 20.9. The highest BCUT2D eigenvalue weighted by molar-refractivity contribution is 6.31. The van der Waals surface area contributed by atoms with E-state index < -0.39 is 11.7 Å². The van der Waals surface area contributed by atoms with E-state index >= 15 is 0 Å². The van der Waals surface area contributed by atoms with E-state index in [1.165, 1.54) is 17.7 Å². The largest absolute Gasteiger partial charge is 0.416 e. The number of anilines is 1. The van der Waals surface area contributed by atoms with E-state index in [-0.39, 0.29) is 6.04 Å². The number of nitrogens with zero attached hydrogens (tertiary/aromatic N) is 1. The summed E-state index contributed by atoms with van der Waals surface area (Å²) in [6.07, 6.45) is -0.418. The number of alkyl halides is 3. The third-order valence-corrected chi connectivity index (χ3v) is 6.07. The van der Waals surface area contributed by atoms with Gasteiger partial charge in [-0.2, -0.15) is 13.2 Å². The fourth-order valence-electron chi connectivity index (χ4n) is 4.32. The molecule has 3 aromatic rings. The number of pyridine rings is 1. The van der Waals surface area contributed by atoms with Crippen LogP contribution in [0.15, 0.2) is 48.5 Å². The molecule has 1 aliphatic rings. The predicted octanol–water partition coefficient (Wildman–Crippen LogP) is 6.31. The summed E-state index contributed by atoms with van der Waals surface area (Å²) in [4.78, 5) is 4.40. The lowest BCUT2D eigenvalue weighted by Crippen LogP contribution is -2.32. The number of nitrogens with two attached hydrogens (primary N) is 1. The number of benzene rings is 2. The van der Waals surface area contributed by atoms with Crippen molar-refractivity contribution in [2.75, 3.05) is 5.73 Å². The van der Waals surface area contributed by atoms with Gasteiger partial charge in [0.05, 0.1) is 11.1 Å². The SMILES string of the molecule is Nc1cc(C2CCC(NCc3cccc(C(F)(F)F)c3)CC2)c2ccc(Cl)cc2n1. The summed E-state index contributed by atoms with van der Waals surface area (Å²) < 4.78 is 38.7. The Hall–Kier alpha value is -2.31. The molecule has 158 valence electrons. The lowest BCUT2D eigenvalue weighted by atomic mass is 9.80. The van der Waals surface area contributed by atoms with Crippen LogP contribution in [0.1, 0.15) is 48.3 Å². The number of nitrogens with one attached hydrogen (secondary N) is 1. The van der Waals surface area contributed by atoms with Crippen molar-refractivity contribution in [2.45, 2.75) is 50.4 Å². The van der Waals surface area contributed by atoms with Crippen molar-refractivity contribution < 1.29 is 13.2 Å². The van der Waals surface area contributed by atoms with Crippen LogP contribution in [0, 0.1) is 0 Å².